The van der Waals surface area contributed by atoms with Gasteiger partial charge in [-0.15, -0.1) is 13.2 Å². The van der Waals surface area contributed by atoms with E-state index >= 15 is 0 Å². The number of rotatable bonds is 5. The summed E-state index contributed by atoms with van der Waals surface area (Å²) in [5.41, 5.74) is 7.92. The van der Waals surface area contributed by atoms with Crippen LogP contribution in [0.2, 0.25) is 0 Å². The standard InChI is InChI=1S/C22H22F3N5O3/c23-22(24,25)33-15-6-4-14(5-7-15)30(27)13-18(26)16-2-1-3-17-19(31)12-20(28-21(16)17)29-8-10-32-11-9-29/h1-7,12-13H,8-11,26-27H2,(H,28,31)/b18-13-. The Hall–Kier alpha value is -3.70. The zero-order chi connectivity index (χ0) is 23.6. The van der Waals surface area contributed by atoms with Gasteiger partial charge in [-0.2, -0.15) is 0 Å². The molecule has 0 unspecified atom stereocenters. The Kier molecular flexibility index (Phi) is 6.16. The van der Waals surface area contributed by atoms with E-state index in [9.17, 15) is 18.0 Å². The highest BCUT2D eigenvalue weighted by atomic mass is 19.4. The SMILES string of the molecule is N/C(=C\N(N)c1ccc(OC(F)(F)F)cc1)c1cccc2c(=O)cc(N3CCOCC3)[nH]c12. The van der Waals surface area contributed by atoms with E-state index in [1.807, 2.05) is 4.90 Å². The zero-order valence-electron chi connectivity index (χ0n) is 17.4. The molecule has 0 atom stereocenters. The molecule has 0 radical (unpaired) electrons. The van der Waals surface area contributed by atoms with Crippen LogP contribution in [0.4, 0.5) is 24.7 Å². The van der Waals surface area contributed by atoms with Crippen molar-refractivity contribution in [1.82, 2.24) is 4.98 Å². The third-order valence-corrected chi connectivity index (χ3v) is 5.16. The lowest BCUT2D eigenvalue weighted by atomic mass is 10.1. The van der Waals surface area contributed by atoms with Gasteiger partial charge in [-0.1, -0.05) is 12.1 Å². The third-order valence-electron chi connectivity index (χ3n) is 5.16. The number of hydrogen-bond donors (Lipinski definition) is 3. The summed E-state index contributed by atoms with van der Waals surface area (Å²) in [6, 6.07) is 11.8. The van der Waals surface area contributed by atoms with Crippen LogP contribution in [0, 0.1) is 0 Å². The third kappa shape index (κ3) is 5.21. The Morgan fingerprint density at radius 1 is 1.15 bits per heavy atom. The summed E-state index contributed by atoms with van der Waals surface area (Å²) >= 11 is 0. The van der Waals surface area contributed by atoms with Gasteiger partial charge in [0.1, 0.15) is 11.6 Å². The molecule has 1 saturated heterocycles. The number of hydrazine groups is 1. The van der Waals surface area contributed by atoms with Crippen molar-refractivity contribution in [2.45, 2.75) is 6.36 Å². The molecule has 4 rings (SSSR count). The minimum atomic E-state index is -4.78. The minimum absolute atomic E-state index is 0.148. The zero-order valence-corrected chi connectivity index (χ0v) is 17.4. The highest BCUT2D eigenvalue weighted by Gasteiger charge is 2.31. The Bertz CT molecular complexity index is 1220. The number of para-hydroxylation sites is 1. The van der Waals surface area contributed by atoms with E-state index in [4.69, 9.17) is 16.3 Å². The van der Waals surface area contributed by atoms with Crippen LogP contribution in [-0.2, 0) is 4.74 Å². The number of H-pyrrole nitrogens is 1. The molecule has 1 aromatic heterocycles. The number of halogens is 3. The predicted octanol–water partition coefficient (Wildman–Crippen LogP) is 2.90. The van der Waals surface area contributed by atoms with Crippen LogP contribution in [0.5, 0.6) is 5.75 Å². The second kappa shape index (κ2) is 9.04. The van der Waals surface area contributed by atoms with Gasteiger partial charge in [0.2, 0.25) is 0 Å². The lowest BCUT2D eigenvalue weighted by molar-refractivity contribution is -0.274. The molecule has 0 amide bonds. The van der Waals surface area contributed by atoms with Crippen molar-refractivity contribution in [2.24, 2.45) is 11.6 Å². The van der Waals surface area contributed by atoms with E-state index < -0.39 is 6.36 Å². The maximum Gasteiger partial charge on any atom is 0.573 e. The molecule has 33 heavy (non-hydrogen) atoms. The van der Waals surface area contributed by atoms with Crippen LogP contribution >= 0.6 is 0 Å². The van der Waals surface area contributed by atoms with Crippen molar-refractivity contribution in [1.29, 1.82) is 0 Å². The van der Waals surface area contributed by atoms with Crippen LogP contribution < -0.4 is 31.7 Å². The van der Waals surface area contributed by atoms with Gasteiger partial charge >= 0.3 is 6.36 Å². The van der Waals surface area contributed by atoms with E-state index in [1.54, 1.807) is 24.3 Å². The fraction of sp³-hybridized carbons (Fsp3) is 0.227. The average molecular weight is 461 g/mol. The number of nitrogens with two attached hydrogens (primary N) is 2. The quantitative estimate of drug-likeness (QED) is 0.396. The number of aromatic nitrogens is 1. The van der Waals surface area contributed by atoms with Gasteiger partial charge in [0.15, 0.2) is 5.43 Å². The fourth-order valence-corrected chi connectivity index (χ4v) is 3.59. The highest BCUT2D eigenvalue weighted by molar-refractivity contribution is 5.91. The summed E-state index contributed by atoms with van der Waals surface area (Å²) in [6.45, 7) is 2.44. The molecule has 11 heteroatoms. The van der Waals surface area contributed by atoms with Gasteiger partial charge in [0, 0.05) is 36.3 Å². The molecule has 5 N–H and O–H groups in total. The number of hydrogen-bond acceptors (Lipinski definition) is 7. The average Bonchev–Trinajstić information content (AvgIpc) is 2.78. The number of aromatic amines is 1. The second-order valence-electron chi connectivity index (χ2n) is 7.38. The summed E-state index contributed by atoms with van der Waals surface area (Å²) in [6.07, 6.45) is -3.35. The predicted molar refractivity (Wildman–Crippen MR) is 120 cm³/mol. The number of pyridine rings is 1. The van der Waals surface area contributed by atoms with Crippen LogP contribution in [0.15, 0.2) is 59.5 Å². The Morgan fingerprint density at radius 2 is 1.85 bits per heavy atom. The van der Waals surface area contributed by atoms with Gasteiger partial charge in [-0.25, -0.2) is 5.84 Å². The topological polar surface area (TPSA) is 110 Å². The molecule has 1 fully saturated rings. The van der Waals surface area contributed by atoms with E-state index in [0.29, 0.717) is 54.3 Å². The number of benzene rings is 2. The molecule has 0 aliphatic carbocycles. The monoisotopic (exact) mass is 461 g/mol. The Morgan fingerprint density at radius 3 is 2.52 bits per heavy atom. The molecule has 0 spiro atoms. The van der Waals surface area contributed by atoms with Gasteiger partial charge in [-0.3, -0.25) is 9.80 Å². The smallest absolute Gasteiger partial charge is 0.406 e. The molecule has 2 aromatic carbocycles. The van der Waals surface area contributed by atoms with Crippen molar-refractivity contribution in [3.05, 3.63) is 70.5 Å². The van der Waals surface area contributed by atoms with Crippen LogP contribution in [0.1, 0.15) is 5.56 Å². The lowest BCUT2D eigenvalue weighted by Crippen LogP contribution is -2.37. The number of ether oxygens (including phenoxy) is 2. The summed E-state index contributed by atoms with van der Waals surface area (Å²) in [7, 11) is 0. The Labute approximate surface area is 186 Å². The first-order valence-electron chi connectivity index (χ1n) is 10.1. The minimum Gasteiger partial charge on any atom is -0.406 e. The number of alkyl halides is 3. The number of nitrogens with one attached hydrogen (secondary N) is 1. The highest BCUT2D eigenvalue weighted by Crippen LogP contribution is 2.26. The van der Waals surface area contributed by atoms with E-state index in [2.05, 4.69) is 9.72 Å². The molecule has 2 heterocycles. The summed E-state index contributed by atoms with van der Waals surface area (Å²) in [5.74, 6) is 6.36. The maximum absolute atomic E-state index is 12.7. The molecule has 1 aliphatic heterocycles. The first-order valence-corrected chi connectivity index (χ1v) is 10.1. The lowest BCUT2D eigenvalue weighted by Gasteiger charge is -2.28. The molecular weight excluding hydrogens is 439 g/mol. The normalized spacial score (nSPS) is 15.0. The molecule has 0 saturated carbocycles. The van der Waals surface area contributed by atoms with Gasteiger partial charge in [0.05, 0.1) is 30.1 Å². The number of morpholine rings is 1. The number of fused-ring (bicyclic) bond motifs is 1. The number of nitrogens with zero attached hydrogens (tertiary/aromatic N) is 2. The summed E-state index contributed by atoms with van der Waals surface area (Å²) < 4.78 is 46.3. The molecule has 1 aliphatic rings. The fourth-order valence-electron chi connectivity index (χ4n) is 3.59. The maximum atomic E-state index is 12.7. The van der Waals surface area contributed by atoms with Gasteiger partial charge in [0.25, 0.3) is 0 Å². The van der Waals surface area contributed by atoms with E-state index in [-0.39, 0.29) is 16.9 Å². The van der Waals surface area contributed by atoms with Crippen LogP contribution in [0.3, 0.4) is 0 Å². The number of anilines is 2. The second-order valence-corrected chi connectivity index (χ2v) is 7.38. The molecule has 0 bridgehead atoms. The summed E-state index contributed by atoms with van der Waals surface area (Å²) in [5, 5.41) is 1.65. The summed E-state index contributed by atoms with van der Waals surface area (Å²) in [4.78, 5) is 18.1. The first kappa shape index (κ1) is 22.5. The molecule has 8 nitrogen and oxygen atoms in total. The van der Waals surface area contributed by atoms with Crippen molar-refractivity contribution < 1.29 is 22.6 Å². The van der Waals surface area contributed by atoms with Gasteiger partial charge < -0.3 is 25.1 Å². The molecule has 3 aromatic rings. The van der Waals surface area contributed by atoms with Crippen LogP contribution in [0.25, 0.3) is 16.6 Å². The van der Waals surface area contributed by atoms with Crippen molar-refractivity contribution >= 4 is 28.1 Å². The van der Waals surface area contributed by atoms with Crippen LogP contribution in [-0.4, -0.2) is 37.6 Å². The largest absolute Gasteiger partial charge is 0.573 e. The van der Waals surface area contributed by atoms with E-state index in [0.717, 1.165) is 12.1 Å². The first-order chi connectivity index (χ1) is 15.7. The molecule has 174 valence electrons. The van der Waals surface area contributed by atoms with E-state index in [1.165, 1.54) is 23.3 Å². The van der Waals surface area contributed by atoms with Crippen molar-refractivity contribution in [2.75, 3.05) is 36.2 Å². The van der Waals surface area contributed by atoms with Crippen molar-refractivity contribution in [3.8, 4) is 5.75 Å². The molecular formula is C22H22F3N5O3. The Balaban J connectivity index is 1.64. The van der Waals surface area contributed by atoms with Crippen molar-refractivity contribution in [3.63, 3.8) is 0 Å². The van der Waals surface area contributed by atoms with Gasteiger partial charge in [-0.05, 0) is 30.3 Å².